The molecule has 1 rings (SSSR count). The first-order chi connectivity index (χ1) is 5.95. The minimum atomic E-state index is -4.41. The molecule has 0 fully saturated rings. The van der Waals surface area contributed by atoms with Gasteiger partial charge in [-0.05, 0) is 18.0 Å². The number of halogens is 4. The number of hydrogen-bond donors (Lipinski definition) is 0. The second-order valence-corrected chi connectivity index (χ2v) is 2.69. The van der Waals surface area contributed by atoms with E-state index in [9.17, 15) is 13.2 Å². The van der Waals surface area contributed by atoms with E-state index in [2.05, 4.69) is 9.97 Å². The first kappa shape index (κ1) is 10.2. The van der Waals surface area contributed by atoms with Gasteiger partial charge in [0, 0.05) is 6.20 Å². The van der Waals surface area contributed by atoms with Gasteiger partial charge in [-0.15, -0.1) is 0 Å². The fraction of sp³-hybridized carbons (Fsp3) is 0.429. The molecular formula is C7H6ClF3N2. The van der Waals surface area contributed by atoms with Crippen LogP contribution in [0.4, 0.5) is 13.2 Å². The van der Waals surface area contributed by atoms with Crippen LogP contribution >= 0.6 is 11.6 Å². The standard InChI is InChI=1S/C7H6ClF3N2/c1-2-5-4(7(9,10)11)3-12-6(8)13-5/h3H,2H2,1H3. The lowest BCUT2D eigenvalue weighted by molar-refractivity contribution is -0.138. The first-order valence-electron chi connectivity index (χ1n) is 3.53. The largest absolute Gasteiger partial charge is 0.419 e. The molecule has 0 unspecified atom stereocenters. The lowest BCUT2D eigenvalue weighted by Gasteiger charge is -2.09. The SMILES string of the molecule is CCc1nc(Cl)ncc1C(F)(F)F. The molecule has 0 amide bonds. The third-order valence-electron chi connectivity index (χ3n) is 1.48. The van der Waals surface area contributed by atoms with Gasteiger partial charge in [0.05, 0.1) is 11.3 Å². The van der Waals surface area contributed by atoms with Crippen LogP contribution in [-0.4, -0.2) is 9.97 Å². The second-order valence-electron chi connectivity index (χ2n) is 2.35. The molecule has 0 saturated carbocycles. The van der Waals surface area contributed by atoms with Crippen LogP contribution in [0.2, 0.25) is 5.28 Å². The summed E-state index contributed by atoms with van der Waals surface area (Å²) in [5.41, 5.74) is -0.896. The van der Waals surface area contributed by atoms with Crippen molar-refractivity contribution in [3.8, 4) is 0 Å². The quantitative estimate of drug-likeness (QED) is 0.666. The zero-order valence-corrected chi connectivity index (χ0v) is 7.45. The number of alkyl halides is 3. The molecular weight excluding hydrogens is 205 g/mol. The molecule has 1 heterocycles. The van der Waals surface area contributed by atoms with Gasteiger partial charge in [-0.2, -0.15) is 13.2 Å². The highest BCUT2D eigenvalue weighted by atomic mass is 35.5. The Balaban J connectivity index is 3.22. The highest BCUT2D eigenvalue weighted by Crippen LogP contribution is 2.31. The number of aromatic nitrogens is 2. The monoisotopic (exact) mass is 210 g/mol. The van der Waals surface area contributed by atoms with Gasteiger partial charge in [-0.3, -0.25) is 0 Å². The van der Waals surface area contributed by atoms with Crippen molar-refractivity contribution >= 4 is 11.6 Å². The zero-order valence-electron chi connectivity index (χ0n) is 6.69. The Kier molecular flexibility index (Phi) is 2.75. The lowest BCUT2D eigenvalue weighted by atomic mass is 10.2. The van der Waals surface area contributed by atoms with Crippen LogP contribution in [-0.2, 0) is 12.6 Å². The molecule has 0 atom stereocenters. The number of hydrogen-bond acceptors (Lipinski definition) is 2. The fourth-order valence-corrected chi connectivity index (χ4v) is 1.05. The average Bonchev–Trinajstić information content (AvgIpc) is 2.01. The van der Waals surface area contributed by atoms with E-state index in [1.807, 2.05) is 0 Å². The molecule has 0 radical (unpaired) electrons. The third-order valence-corrected chi connectivity index (χ3v) is 1.66. The van der Waals surface area contributed by atoms with Crippen LogP contribution in [0.15, 0.2) is 6.20 Å². The molecule has 0 aliphatic carbocycles. The molecule has 0 aliphatic rings. The molecule has 0 N–H and O–H groups in total. The Bertz CT molecular complexity index is 311. The fourth-order valence-electron chi connectivity index (χ4n) is 0.899. The van der Waals surface area contributed by atoms with Crippen LogP contribution in [0.3, 0.4) is 0 Å². The molecule has 0 spiro atoms. The van der Waals surface area contributed by atoms with Crippen molar-refractivity contribution in [3.63, 3.8) is 0 Å². The smallest absolute Gasteiger partial charge is 0.226 e. The minimum absolute atomic E-state index is 0.0764. The average molecular weight is 211 g/mol. The molecule has 0 aromatic carbocycles. The van der Waals surface area contributed by atoms with Crippen molar-refractivity contribution in [1.29, 1.82) is 0 Å². The Morgan fingerprint density at radius 2 is 2.08 bits per heavy atom. The van der Waals surface area contributed by atoms with E-state index >= 15 is 0 Å². The predicted molar refractivity (Wildman–Crippen MR) is 41.4 cm³/mol. The molecule has 1 aromatic heterocycles. The van der Waals surface area contributed by atoms with Crippen molar-refractivity contribution < 1.29 is 13.2 Å². The van der Waals surface area contributed by atoms with E-state index in [-0.39, 0.29) is 17.4 Å². The minimum Gasteiger partial charge on any atom is -0.226 e. The third kappa shape index (κ3) is 2.30. The van der Waals surface area contributed by atoms with Gasteiger partial charge in [-0.25, -0.2) is 9.97 Å². The first-order valence-corrected chi connectivity index (χ1v) is 3.91. The van der Waals surface area contributed by atoms with Gasteiger partial charge in [-0.1, -0.05) is 6.92 Å². The van der Waals surface area contributed by atoms with E-state index < -0.39 is 11.7 Å². The molecule has 0 aliphatic heterocycles. The molecule has 1 aromatic rings. The van der Waals surface area contributed by atoms with E-state index in [0.29, 0.717) is 6.20 Å². The Labute approximate surface area is 77.8 Å². The van der Waals surface area contributed by atoms with Crippen molar-refractivity contribution in [3.05, 3.63) is 22.7 Å². The normalized spacial score (nSPS) is 11.8. The molecule has 2 nitrogen and oxygen atoms in total. The molecule has 13 heavy (non-hydrogen) atoms. The number of aryl methyl sites for hydroxylation is 1. The summed E-state index contributed by atoms with van der Waals surface area (Å²) in [4.78, 5) is 6.78. The summed E-state index contributed by atoms with van der Waals surface area (Å²) >= 11 is 5.36. The molecule has 0 bridgehead atoms. The Hall–Kier alpha value is -0.840. The highest BCUT2D eigenvalue weighted by molar-refractivity contribution is 6.28. The predicted octanol–water partition coefficient (Wildman–Crippen LogP) is 2.71. The van der Waals surface area contributed by atoms with E-state index in [1.54, 1.807) is 6.92 Å². The van der Waals surface area contributed by atoms with Gasteiger partial charge in [0.2, 0.25) is 5.28 Å². The van der Waals surface area contributed by atoms with Crippen LogP contribution in [0.25, 0.3) is 0 Å². The van der Waals surface area contributed by atoms with Crippen LogP contribution in [0.1, 0.15) is 18.2 Å². The number of rotatable bonds is 1. The van der Waals surface area contributed by atoms with E-state index in [0.717, 1.165) is 0 Å². The Morgan fingerprint density at radius 3 is 2.54 bits per heavy atom. The van der Waals surface area contributed by atoms with Gasteiger partial charge in [0.25, 0.3) is 0 Å². The maximum atomic E-state index is 12.2. The van der Waals surface area contributed by atoms with Gasteiger partial charge < -0.3 is 0 Å². The summed E-state index contributed by atoms with van der Waals surface area (Å²) in [6.45, 7) is 1.58. The number of nitrogens with zero attached hydrogens (tertiary/aromatic N) is 2. The lowest BCUT2D eigenvalue weighted by Crippen LogP contribution is -2.11. The summed E-state index contributed by atoms with van der Waals surface area (Å²) in [6, 6.07) is 0. The molecule has 6 heteroatoms. The highest BCUT2D eigenvalue weighted by Gasteiger charge is 2.34. The van der Waals surface area contributed by atoms with Crippen LogP contribution < -0.4 is 0 Å². The molecule has 0 saturated heterocycles. The van der Waals surface area contributed by atoms with Gasteiger partial charge in [0.15, 0.2) is 0 Å². The summed E-state index contributed by atoms with van der Waals surface area (Å²) < 4.78 is 36.7. The van der Waals surface area contributed by atoms with Crippen molar-refractivity contribution in [2.45, 2.75) is 19.5 Å². The van der Waals surface area contributed by atoms with Crippen LogP contribution in [0, 0.1) is 0 Å². The summed E-state index contributed by atoms with van der Waals surface area (Å²) in [5.74, 6) is 0. The summed E-state index contributed by atoms with van der Waals surface area (Å²) in [5, 5.41) is -0.162. The van der Waals surface area contributed by atoms with E-state index in [1.165, 1.54) is 0 Å². The van der Waals surface area contributed by atoms with Crippen molar-refractivity contribution in [1.82, 2.24) is 9.97 Å². The van der Waals surface area contributed by atoms with Crippen LogP contribution in [0.5, 0.6) is 0 Å². The van der Waals surface area contributed by atoms with Gasteiger partial charge >= 0.3 is 6.18 Å². The summed E-state index contributed by atoms with van der Waals surface area (Å²) in [7, 11) is 0. The zero-order chi connectivity index (χ0) is 10.1. The van der Waals surface area contributed by atoms with Crippen molar-refractivity contribution in [2.75, 3.05) is 0 Å². The maximum absolute atomic E-state index is 12.2. The molecule has 72 valence electrons. The van der Waals surface area contributed by atoms with Crippen molar-refractivity contribution in [2.24, 2.45) is 0 Å². The van der Waals surface area contributed by atoms with Gasteiger partial charge in [0.1, 0.15) is 0 Å². The summed E-state index contributed by atoms with van der Waals surface area (Å²) in [6.07, 6.45) is -3.53. The van der Waals surface area contributed by atoms with E-state index in [4.69, 9.17) is 11.6 Å². The second kappa shape index (κ2) is 3.49. The Morgan fingerprint density at radius 1 is 1.46 bits per heavy atom. The topological polar surface area (TPSA) is 25.8 Å². The maximum Gasteiger partial charge on any atom is 0.419 e.